The summed E-state index contributed by atoms with van der Waals surface area (Å²) in [5.74, 6) is 0. The van der Waals surface area contributed by atoms with Crippen LogP contribution in [0, 0.1) is 0 Å². The molecule has 0 saturated heterocycles. The Morgan fingerprint density at radius 2 is 1.88 bits per heavy atom. The molecule has 0 fully saturated rings. The Balaban J connectivity index is 0. The van der Waals surface area contributed by atoms with Gasteiger partial charge in [0.15, 0.2) is 0 Å². The number of quaternary nitrogens is 1. The maximum atomic E-state index is 11.1. The number of aliphatic hydroxyl groups excluding tert-OH is 2. The molecule has 0 amide bonds. The zero-order valence-electron chi connectivity index (χ0n) is 9.85. The largest absolute Gasteiger partial charge is 1.00 e. The second-order valence-electron chi connectivity index (χ2n) is 4.26. The molecular weight excluding hydrogens is 348 g/mol. The first-order valence-electron chi connectivity index (χ1n) is 4.74. The van der Waals surface area contributed by atoms with Crippen molar-refractivity contribution in [1.82, 2.24) is 0 Å². The van der Waals surface area contributed by atoms with Gasteiger partial charge >= 0.3 is 8.25 Å². The number of rotatable bonds is 8. The fourth-order valence-corrected chi connectivity index (χ4v) is 1.33. The van der Waals surface area contributed by atoms with Crippen LogP contribution in [0.25, 0.3) is 0 Å². The Labute approximate surface area is 114 Å². The van der Waals surface area contributed by atoms with Crippen LogP contribution in [0.1, 0.15) is 0 Å². The average molecular weight is 369 g/mol. The molecule has 6 nitrogen and oxygen atoms in total. The number of aliphatic hydroxyl groups is 2. The van der Waals surface area contributed by atoms with Gasteiger partial charge in [0.25, 0.3) is 0 Å². The van der Waals surface area contributed by atoms with Crippen LogP contribution in [0.15, 0.2) is 0 Å². The second-order valence-corrected chi connectivity index (χ2v) is 5.34. The lowest BCUT2D eigenvalue weighted by atomic mass is 10.4. The molecule has 0 radical (unpaired) electrons. The fourth-order valence-electron chi connectivity index (χ4n) is 0.661. The Morgan fingerprint density at radius 3 is 2.31 bits per heavy atom. The first-order valence-corrected chi connectivity index (χ1v) is 5.96. The van der Waals surface area contributed by atoms with Crippen LogP contribution in [-0.4, -0.2) is 68.3 Å². The molecule has 2 N–H and O–H groups in total. The van der Waals surface area contributed by atoms with Crippen molar-refractivity contribution < 1.29 is 52.3 Å². The Kier molecular flexibility index (Phi) is 11.7. The van der Waals surface area contributed by atoms with Gasteiger partial charge in [-0.25, -0.2) is 0 Å². The van der Waals surface area contributed by atoms with E-state index in [0.717, 1.165) is 6.54 Å². The lowest BCUT2D eigenvalue weighted by Gasteiger charge is -2.23. The summed E-state index contributed by atoms with van der Waals surface area (Å²) in [6.45, 7) is 0.492. The van der Waals surface area contributed by atoms with E-state index in [0.29, 0.717) is 11.1 Å². The predicted molar refractivity (Wildman–Crippen MR) is 56.9 cm³/mol. The van der Waals surface area contributed by atoms with E-state index in [1.54, 1.807) is 0 Å². The maximum Gasteiger partial charge on any atom is 0.319 e. The molecule has 16 heavy (non-hydrogen) atoms. The van der Waals surface area contributed by atoms with Crippen molar-refractivity contribution in [3.05, 3.63) is 0 Å². The van der Waals surface area contributed by atoms with Crippen molar-refractivity contribution in [2.75, 3.05) is 47.5 Å². The quantitative estimate of drug-likeness (QED) is 0.264. The molecular formula is C8H21INO5P. The van der Waals surface area contributed by atoms with Gasteiger partial charge in [-0.05, 0) is 0 Å². The van der Waals surface area contributed by atoms with Gasteiger partial charge in [0, 0.05) is 0 Å². The highest BCUT2D eigenvalue weighted by molar-refractivity contribution is 7.33. The summed E-state index contributed by atoms with van der Waals surface area (Å²) in [6, 6.07) is 0. The van der Waals surface area contributed by atoms with Crippen LogP contribution in [0.2, 0.25) is 0 Å². The van der Waals surface area contributed by atoms with E-state index in [2.05, 4.69) is 0 Å². The molecule has 0 aliphatic heterocycles. The van der Waals surface area contributed by atoms with Crippen molar-refractivity contribution in [3.63, 3.8) is 0 Å². The summed E-state index contributed by atoms with van der Waals surface area (Å²) in [5.41, 5.74) is 0. The molecule has 0 aromatic carbocycles. The van der Waals surface area contributed by atoms with E-state index in [1.165, 1.54) is 0 Å². The van der Waals surface area contributed by atoms with Gasteiger partial charge in [0.1, 0.15) is 19.3 Å². The first-order chi connectivity index (χ1) is 6.85. The minimum absolute atomic E-state index is 0. The number of nitrogens with zero attached hydrogens (tertiary/aromatic N) is 1. The summed E-state index contributed by atoms with van der Waals surface area (Å²) in [7, 11) is 3.44. The van der Waals surface area contributed by atoms with Crippen LogP contribution >= 0.6 is 8.25 Å². The van der Waals surface area contributed by atoms with Crippen LogP contribution in [0.4, 0.5) is 0 Å². The molecule has 0 aliphatic carbocycles. The number of hydrogen-bond acceptors (Lipinski definition) is 5. The standard InChI is InChI=1S/C8H21NO5P.HI/c1-9(2,3)4-5-13-15(12)14-7-8(11)6-10;/h8,10-11,15H,4-7H2,1-3H3;1H/q+1;/p-1. The van der Waals surface area contributed by atoms with Gasteiger partial charge in [-0.3, -0.25) is 4.57 Å². The van der Waals surface area contributed by atoms with E-state index in [4.69, 9.17) is 19.3 Å². The van der Waals surface area contributed by atoms with E-state index < -0.39 is 21.0 Å². The second kappa shape index (κ2) is 9.76. The minimum atomic E-state index is -2.55. The normalized spacial score (nSPS) is 15.3. The topological polar surface area (TPSA) is 76.0 Å². The van der Waals surface area contributed by atoms with E-state index in [1.807, 2.05) is 21.1 Å². The van der Waals surface area contributed by atoms with Crippen molar-refractivity contribution in [2.24, 2.45) is 0 Å². The zero-order chi connectivity index (χ0) is 11.9. The van der Waals surface area contributed by atoms with Gasteiger partial charge < -0.3 is 47.7 Å². The van der Waals surface area contributed by atoms with Crippen LogP contribution in [0.3, 0.4) is 0 Å². The Morgan fingerprint density at radius 1 is 1.31 bits per heavy atom. The predicted octanol–water partition coefficient (Wildman–Crippen LogP) is -3.53. The Hall–Kier alpha value is 0.760. The van der Waals surface area contributed by atoms with Crippen molar-refractivity contribution in [1.29, 1.82) is 0 Å². The number of halogens is 1. The first kappa shape index (κ1) is 19.1. The SMILES string of the molecule is C[N+](C)(C)CCO[PH](=O)OCC(O)CO.[I-]. The molecule has 0 rings (SSSR count). The molecule has 0 bridgehead atoms. The van der Waals surface area contributed by atoms with Gasteiger partial charge in [-0.1, -0.05) is 0 Å². The molecule has 0 spiro atoms. The molecule has 0 aromatic rings. The summed E-state index contributed by atoms with van der Waals surface area (Å²) in [6.07, 6.45) is -0.999. The monoisotopic (exact) mass is 369 g/mol. The number of likely N-dealkylation sites (N-methyl/N-ethyl adjacent to an activating group) is 1. The fraction of sp³-hybridized carbons (Fsp3) is 1.00. The minimum Gasteiger partial charge on any atom is -1.00 e. The van der Waals surface area contributed by atoms with Crippen LogP contribution < -0.4 is 24.0 Å². The van der Waals surface area contributed by atoms with Gasteiger partial charge in [0.2, 0.25) is 0 Å². The molecule has 0 aliphatic rings. The molecule has 0 saturated carbocycles. The highest BCUT2D eigenvalue weighted by Crippen LogP contribution is 2.23. The molecule has 0 heterocycles. The average Bonchev–Trinajstić information content (AvgIpc) is 2.12. The van der Waals surface area contributed by atoms with Crippen molar-refractivity contribution in [2.45, 2.75) is 6.10 Å². The van der Waals surface area contributed by atoms with E-state index in [9.17, 15) is 4.57 Å². The van der Waals surface area contributed by atoms with E-state index in [-0.39, 0.29) is 30.6 Å². The van der Waals surface area contributed by atoms with Crippen LogP contribution in [-0.2, 0) is 13.6 Å². The molecule has 8 heteroatoms. The van der Waals surface area contributed by atoms with E-state index >= 15 is 0 Å². The molecule has 2 atom stereocenters. The smallest absolute Gasteiger partial charge is 0.319 e. The summed E-state index contributed by atoms with van der Waals surface area (Å²) >= 11 is 0. The third-order valence-electron chi connectivity index (χ3n) is 1.59. The number of hydrogen-bond donors (Lipinski definition) is 2. The lowest BCUT2D eigenvalue weighted by Crippen LogP contribution is -3.00. The molecule has 0 aromatic heterocycles. The molecule has 100 valence electrons. The molecule has 2 unspecified atom stereocenters. The maximum absolute atomic E-state index is 11.1. The lowest BCUT2D eigenvalue weighted by molar-refractivity contribution is -0.870. The Bertz CT molecular complexity index is 199. The zero-order valence-corrected chi connectivity index (χ0v) is 13.0. The van der Waals surface area contributed by atoms with Crippen molar-refractivity contribution >= 4 is 8.25 Å². The van der Waals surface area contributed by atoms with Crippen molar-refractivity contribution in [3.8, 4) is 0 Å². The highest BCUT2D eigenvalue weighted by atomic mass is 127. The summed E-state index contributed by atoms with van der Waals surface area (Å²) < 4.78 is 21.5. The summed E-state index contributed by atoms with van der Waals surface area (Å²) in [4.78, 5) is 0. The summed E-state index contributed by atoms with van der Waals surface area (Å²) in [5, 5.41) is 17.4. The third-order valence-corrected chi connectivity index (χ3v) is 2.43. The van der Waals surface area contributed by atoms with Gasteiger partial charge in [0.05, 0.1) is 34.4 Å². The highest BCUT2D eigenvalue weighted by Gasteiger charge is 2.09. The van der Waals surface area contributed by atoms with Crippen LogP contribution in [0.5, 0.6) is 0 Å². The van der Waals surface area contributed by atoms with Gasteiger partial charge in [-0.15, -0.1) is 0 Å². The third kappa shape index (κ3) is 12.8. The van der Waals surface area contributed by atoms with Gasteiger partial charge in [-0.2, -0.15) is 0 Å².